The average Bonchev–Trinajstić information content (AvgIpc) is 2.16. The van der Waals surface area contributed by atoms with Crippen molar-refractivity contribution in [2.75, 3.05) is 26.7 Å². The predicted octanol–water partition coefficient (Wildman–Crippen LogP) is 0.0880. The quantitative estimate of drug-likeness (QED) is 0.733. The average molecular weight is 239 g/mol. The molecule has 94 valence electrons. The van der Waals surface area contributed by atoms with E-state index in [4.69, 9.17) is 5.73 Å². The lowest BCUT2D eigenvalue weighted by Gasteiger charge is -2.39. The molecule has 1 aliphatic rings. The lowest BCUT2D eigenvalue weighted by molar-refractivity contribution is -0.138. The molecule has 0 aromatic carbocycles. The molecule has 0 aromatic rings. The second-order valence-corrected chi connectivity index (χ2v) is 4.22. The summed E-state index contributed by atoms with van der Waals surface area (Å²) < 4.78 is 36.3. The van der Waals surface area contributed by atoms with Crippen LogP contribution in [0.3, 0.4) is 0 Å². The molecule has 0 aromatic heterocycles. The van der Waals surface area contributed by atoms with Crippen molar-refractivity contribution in [2.24, 2.45) is 5.73 Å². The van der Waals surface area contributed by atoms with Crippen molar-refractivity contribution >= 4 is 5.91 Å². The molecule has 0 atom stereocenters. The molecule has 1 aliphatic heterocycles. The first-order valence-electron chi connectivity index (χ1n) is 5.05. The van der Waals surface area contributed by atoms with Crippen molar-refractivity contribution in [2.45, 2.75) is 24.6 Å². The highest BCUT2D eigenvalue weighted by Crippen LogP contribution is 2.23. The minimum absolute atomic E-state index is 0.314. The maximum Gasteiger partial charge on any atom is 0.401 e. The number of amides is 1. The van der Waals surface area contributed by atoms with Gasteiger partial charge in [-0.3, -0.25) is 10.1 Å². The topological polar surface area (TPSA) is 58.4 Å². The first-order valence-corrected chi connectivity index (χ1v) is 5.05. The summed E-state index contributed by atoms with van der Waals surface area (Å²) in [5.74, 6) is -0.704. The number of nitrogens with two attached hydrogens (primary N) is 1. The molecule has 4 nitrogen and oxygen atoms in total. The summed E-state index contributed by atoms with van der Waals surface area (Å²) >= 11 is 0. The Hall–Kier alpha value is -0.820. The Morgan fingerprint density at radius 1 is 1.44 bits per heavy atom. The van der Waals surface area contributed by atoms with Crippen molar-refractivity contribution < 1.29 is 18.0 Å². The molecule has 16 heavy (non-hydrogen) atoms. The van der Waals surface area contributed by atoms with Gasteiger partial charge in [0, 0.05) is 13.1 Å². The molecule has 1 heterocycles. The number of rotatable bonds is 3. The number of hydrogen-bond acceptors (Lipinski definition) is 3. The highest BCUT2D eigenvalue weighted by atomic mass is 19.4. The Morgan fingerprint density at radius 3 is 2.31 bits per heavy atom. The molecule has 1 rings (SSSR count). The molecule has 0 unspecified atom stereocenters. The standard InChI is InChI=1S/C9H16F3N3O/c1-15-4-2-8(3-5-15,7(13)16)14-6-9(10,11)12/h14H,2-6H2,1H3,(H2,13,16). The van der Waals surface area contributed by atoms with Crippen molar-refractivity contribution in [1.29, 1.82) is 0 Å². The number of nitrogens with one attached hydrogen (secondary N) is 1. The van der Waals surface area contributed by atoms with Crippen LogP contribution < -0.4 is 11.1 Å². The Balaban J connectivity index is 2.64. The molecule has 0 radical (unpaired) electrons. The van der Waals surface area contributed by atoms with Gasteiger partial charge in [-0.15, -0.1) is 0 Å². The zero-order chi connectivity index (χ0) is 12.4. The monoisotopic (exact) mass is 239 g/mol. The van der Waals surface area contributed by atoms with Gasteiger partial charge in [0.25, 0.3) is 0 Å². The fourth-order valence-electron chi connectivity index (χ4n) is 1.78. The number of carbonyl (C=O) groups is 1. The first kappa shape index (κ1) is 13.2. The summed E-state index contributed by atoms with van der Waals surface area (Å²) in [4.78, 5) is 13.2. The number of halogens is 3. The smallest absolute Gasteiger partial charge is 0.368 e. The Morgan fingerprint density at radius 2 is 1.94 bits per heavy atom. The van der Waals surface area contributed by atoms with Crippen LogP contribution in [0.25, 0.3) is 0 Å². The van der Waals surface area contributed by atoms with E-state index < -0.39 is 24.2 Å². The van der Waals surface area contributed by atoms with Gasteiger partial charge in [0.1, 0.15) is 5.54 Å². The molecule has 0 spiro atoms. The molecular weight excluding hydrogens is 223 g/mol. The fraction of sp³-hybridized carbons (Fsp3) is 0.889. The van der Waals surface area contributed by atoms with Gasteiger partial charge in [-0.05, 0) is 19.9 Å². The summed E-state index contributed by atoms with van der Waals surface area (Å²) in [6.45, 7) is -0.0543. The van der Waals surface area contributed by atoms with Gasteiger partial charge in [0.2, 0.25) is 5.91 Å². The SMILES string of the molecule is CN1CCC(NCC(F)(F)F)(C(N)=O)CC1. The highest BCUT2D eigenvalue weighted by molar-refractivity contribution is 5.84. The number of likely N-dealkylation sites (tertiary alicyclic amines) is 1. The van der Waals surface area contributed by atoms with Crippen LogP contribution in [0.5, 0.6) is 0 Å². The van der Waals surface area contributed by atoms with E-state index in [1.165, 1.54) is 0 Å². The lowest BCUT2D eigenvalue weighted by atomic mass is 9.87. The van der Waals surface area contributed by atoms with Gasteiger partial charge in [-0.25, -0.2) is 0 Å². The maximum absolute atomic E-state index is 12.1. The van der Waals surface area contributed by atoms with E-state index in [1.54, 1.807) is 0 Å². The lowest BCUT2D eigenvalue weighted by Crippen LogP contribution is -2.61. The molecule has 1 amide bonds. The number of piperidine rings is 1. The molecule has 3 N–H and O–H groups in total. The van der Waals surface area contributed by atoms with E-state index in [-0.39, 0.29) is 0 Å². The van der Waals surface area contributed by atoms with E-state index in [9.17, 15) is 18.0 Å². The number of nitrogens with zero attached hydrogens (tertiary/aromatic N) is 1. The van der Waals surface area contributed by atoms with Crippen LogP contribution in [0.15, 0.2) is 0 Å². The van der Waals surface area contributed by atoms with Gasteiger partial charge in [0.05, 0.1) is 6.54 Å². The van der Waals surface area contributed by atoms with E-state index in [1.807, 2.05) is 11.9 Å². The minimum atomic E-state index is -4.33. The summed E-state index contributed by atoms with van der Waals surface area (Å²) in [7, 11) is 1.86. The molecule has 0 saturated carbocycles. The van der Waals surface area contributed by atoms with Gasteiger partial charge in [0.15, 0.2) is 0 Å². The highest BCUT2D eigenvalue weighted by Gasteiger charge is 2.41. The van der Waals surface area contributed by atoms with Crippen LogP contribution in [0.4, 0.5) is 13.2 Å². The Labute approximate surface area is 92.0 Å². The van der Waals surface area contributed by atoms with Crippen LogP contribution in [0.1, 0.15) is 12.8 Å². The zero-order valence-electron chi connectivity index (χ0n) is 9.10. The molecule has 0 bridgehead atoms. The van der Waals surface area contributed by atoms with Crippen molar-refractivity contribution in [3.8, 4) is 0 Å². The molecule has 0 aliphatic carbocycles. The van der Waals surface area contributed by atoms with Crippen molar-refractivity contribution in [3.63, 3.8) is 0 Å². The first-order chi connectivity index (χ1) is 7.25. The minimum Gasteiger partial charge on any atom is -0.368 e. The van der Waals surface area contributed by atoms with Crippen LogP contribution in [-0.4, -0.2) is 49.2 Å². The molecular formula is C9H16F3N3O. The zero-order valence-corrected chi connectivity index (χ0v) is 9.10. The maximum atomic E-state index is 12.1. The normalized spacial score (nSPS) is 22.0. The van der Waals surface area contributed by atoms with Gasteiger partial charge >= 0.3 is 6.18 Å². The number of alkyl halides is 3. The Kier molecular flexibility index (Phi) is 3.80. The number of hydrogen-bond donors (Lipinski definition) is 2. The van der Waals surface area contributed by atoms with Gasteiger partial charge < -0.3 is 10.6 Å². The summed E-state index contributed by atoms with van der Waals surface area (Å²) in [5.41, 5.74) is 3.98. The Bertz CT molecular complexity index is 259. The van der Waals surface area contributed by atoms with Crippen molar-refractivity contribution in [3.05, 3.63) is 0 Å². The summed E-state index contributed by atoms with van der Waals surface area (Å²) in [6.07, 6.45) is -3.70. The molecule has 1 fully saturated rings. The van der Waals surface area contributed by atoms with Gasteiger partial charge in [-0.2, -0.15) is 13.2 Å². The molecule has 7 heteroatoms. The molecule has 1 saturated heterocycles. The van der Waals surface area contributed by atoms with Crippen LogP contribution in [0, 0.1) is 0 Å². The van der Waals surface area contributed by atoms with E-state index in [0.29, 0.717) is 25.9 Å². The third-order valence-corrected chi connectivity index (χ3v) is 2.94. The van der Waals surface area contributed by atoms with E-state index in [2.05, 4.69) is 5.32 Å². The van der Waals surface area contributed by atoms with Crippen LogP contribution in [0.2, 0.25) is 0 Å². The van der Waals surface area contributed by atoms with E-state index >= 15 is 0 Å². The summed E-state index contributed by atoms with van der Waals surface area (Å²) in [6, 6.07) is 0. The van der Waals surface area contributed by atoms with Crippen molar-refractivity contribution in [1.82, 2.24) is 10.2 Å². The van der Waals surface area contributed by atoms with Crippen LogP contribution >= 0.6 is 0 Å². The third-order valence-electron chi connectivity index (χ3n) is 2.94. The fourth-order valence-corrected chi connectivity index (χ4v) is 1.78. The predicted molar refractivity (Wildman–Crippen MR) is 52.7 cm³/mol. The largest absolute Gasteiger partial charge is 0.401 e. The summed E-state index contributed by atoms with van der Waals surface area (Å²) in [5, 5.41) is 2.27. The van der Waals surface area contributed by atoms with Crippen LogP contribution in [-0.2, 0) is 4.79 Å². The number of primary amides is 1. The number of carbonyl (C=O) groups excluding carboxylic acids is 1. The third kappa shape index (κ3) is 3.34. The van der Waals surface area contributed by atoms with E-state index in [0.717, 1.165) is 0 Å². The van der Waals surface area contributed by atoms with Gasteiger partial charge in [-0.1, -0.05) is 0 Å². The second kappa shape index (κ2) is 4.58. The second-order valence-electron chi connectivity index (χ2n) is 4.22.